The third-order valence-corrected chi connectivity index (χ3v) is 4.69. The number of ether oxygens (including phenoxy) is 2. The Morgan fingerprint density at radius 3 is 2.48 bits per heavy atom. The van der Waals surface area contributed by atoms with Crippen molar-refractivity contribution in [3.63, 3.8) is 0 Å². The number of rotatable bonds is 10. The Balaban J connectivity index is 2.04. The number of methoxy groups -OCH3 is 2. The van der Waals surface area contributed by atoms with Crippen molar-refractivity contribution in [2.24, 2.45) is 4.99 Å². The lowest BCUT2D eigenvalue weighted by atomic mass is 10.1. The van der Waals surface area contributed by atoms with E-state index in [9.17, 15) is 0 Å². The molecule has 2 N–H and O–H groups in total. The predicted molar refractivity (Wildman–Crippen MR) is 120 cm³/mol. The molecule has 0 atom stereocenters. The first-order valence-electron chi connectivity index (χ1n) is 10.1. The van der Waals surface area contributed by atoms with E-state index in [1.807, 2.05) is 18.2 Å². The summed E-state index contributed by atoms with van der Waals surface area (Å²) in [6.07, 6.45) is 0. The number of guanidine groups is 1. The Labute approximate surface area is 174 Å². The highest BCUT2D eigenvalue weighted by molar-refractivity contribution is 5.79. The molecule has 0 radical (unpaired) electrons. The van der Waals surface area contributed by atoms with Crippen LogP contribution in [0, 0.1) is 0 Å². The van der Waals surface area contributed by atoms with E-state index in [-0.39, 0.29) is 0 Å². The monoisotopic (exact) mass is 398 g/mol. The first-order valence-corrected chi connectivity index (χ1v) is 10.1. The number of benzene rings is 2. The summed E-state index contributed by atoms with van der Waals surface area (Å²) < 4.78 is 10.7. The summed E-state index contributed by atoms with van der Waals surface area (Å²) in [5, 5.41) is 6.69. The molecule has 0 bridgehead atoms. The zero-order chi connectivity index (χ0) is 21.1. The number of aliphatic imine (C=N–C) groups is 1. The van der Waals surface area contributed by atoms with Crippen LogP contribution in [0.2, 0.25) is 0 Å². The van der Waals surface area contributed by atoms with Gasteiger partial charge in [-0.2, -0.15) is 0 Å². The van der Waals surface area contributed by atoms with Gasteiger partial charge in [0.25, 0.3) is 0 Å². The molecular formula is C23H34N4O2. The lowest BCUT2D eigenvalue weighted by Crippen LogP contribution is -2.36. The molecule has 0 heterocycles. The minimum Gasteiger partial charge on any atom is -0.497 e. The van der Waals surface area contributed by atoms with Gasteiger partial charge in [-0.15, -0.1) is 0 Å². The van der Waals surface area contributed by atoms with Crippen LogP contribution in [-0.2, 0) is 19.6 Å². The minimum atomic E-state index is 0.611. The molecule has 0 amide bonds. The van der Waals surface area contributed by atoms with Gasteiger partial charge < -0.3 is 25.0 Å². The molecule has 6 heteroatoms. The van der Waals surface area contributed by atoms with Crippen LogP contribution in [0.3, 0.4) is 0 Å². The van der Waals surface area contributed by atoms with E-state index >= 15 is 0 Å². The quantitative estimate of drug-likeness (QED) is 0.474. The molecule has 0 unspecified atom stereocenters. The van der Waals surface area contributed by atoms with Crippen LogP contribution in [0.1, 0.15) is 30.5 Å². The number of nitrogens with zero attached hydrogens (tertiary/aromatic N) is 2. The molecule has 0 saturated heterocycles. The molecule has 2 rings (SSSR count). The first kappa shape index (κ1) is 22.6. The van der Waals surface area contributed by atoms with Crippen LogP contribution in [-0.4, -0.2) is 45.2 Å². The SMILES string of the molecule is CCNC(=NCc1cccc(CN(C)CC)c1)NCc1ccc(OC)cc1OC. The maximum absolute atomic E-state index is 5.48. The van der Waals surface area contributed by atoms with Crippen molar-refractivity contribution in [3.05, 3.63) is 59.2 Å². The molecule has 0 aliphatic carbocycles. The molecule has 6 nitrogen and oxygen atoms in total. The Bertz CT molecular complexity index is 792. The van der Waals surface area contributed by atoms with Crippen LogP contribution in [0.15, 0.2) is 47.5 Å². The van der Waals surface area contributed by atoms with Crippen LogP contribution < -0.4 is 20.1 Å². The molecule has 0 aliphatic heterocycles. The van der Waals surface area contributed by atoms with Gasteiger partial charge >= 0.3 is 0 Å². The molecule has 0 aromatic heterocycles. The minimum absolute atomic E-state index is 0.611. The second-order valence-corrected chi connectivity index (χ2v) is 6.88. The van der Waals surface area contributed by atoms with Gasteiger partial charge in [-0.1, -0.05) is 31.2 Å². The van der Waals surface area contributed by atoms with Crippen molar-refractivity contribution in [1.29, 1.82) is 0 Å². The topological polar surface area (TPSA) is 58.1 Å². The molecule has 2 aromatic rings. The van der Waals surface area contributed by atoms with Gasteiger partial charge in [0.1, 0.15) is 11.5 Å². The maximum Gasteiger partial charge on any atom is 0.191 e. The zero-order valence-electron chi connectivity index (χ0n) is 18.3. The van der Waals surface area contributed by atoms with Gasteiger partial charge in [0, 0.05) is 31.3 Å². The smallest absolute Gasteiger partial charge is 0.191 e. The van der Waals surface area contributed by atoms with Crippen LogP contribution >= 0.6 is 0 Å². The third-order valence-electron chi connectivity index (χ3n) is 4.69. The van der Waals surface area contributed by atoms with E-state index in [4.69, 9.17) is 14.5 Å². The van der Waals surface area contributed by atoms with Gasteiger partial charge in [0.2, 0.25) is 0 Å². The Hall–Kier alpha value is -2.73. The Morgan fingerprint density at radius 1 is 1.00 bits per heavy atom. The lowest BCUT2D eigenvalue weighted by molar-refractivity contribution is 0.345. The summed E-state index contributed by atoms with van der Waals surface area (Å²) in [7, 11) is 5.45. The zero-order valence-corrected chi connectivity index (χ0v) is 18.3. The van der Waals surface area contributed by atoms with Crippen molar-refractivity contribution < 1.29 is 9.47 Å². The van der Waals surface area contributed by atoms with E-state index in [1.165, 1.54) is 11.1 Å². The van der Waals surface area contributed by atoms with Crippen LogP contribution in [0.4, 0.5) is 0 Å². The third kappa shape index (κ3) is 7.31. The lowest BCUT2D eigenvalue weighted by Gasteiger charge is -2.15. The van der Waals surface area contributed by atoms with E-state index < -0.39 is 0 Å². The Morgan fingerprint density at radius 2 is 1.79 bits per heavy atom. The van der Waals surface area contributed by atoms with Crippen molar-refractivity contribution in [2.75, 3.05) is 34.4 Å². The second kappa shape index (κ2) is 12.0. The van der Waals surface area contributed by atoms with Crippen LogP contribution in [0.5, 0.6) is 11.5 Å². The van der Waals surface area contributed by atoms with E-state index in [1.54, 1.807) is 14.2 Å². The molecule has 158 valence electrons. The van der Waals surface area contributed by atoms with Gasteiger partial charge in [-0.3, -0.25) is 0 Å². The summed E-state index contributed by atoms with van der Waals surface area (Å²) in [5.74, 6) is 2.35. The largest absolute Gasteiger partial charge is 0.497 e. The molecule has 0 fully saturated rings. The fourth-order valence-electron chi connectivity index (χ4n) is 2.94. The average molecular weight is 399 g/mol. The molecule has 2 aromatic carbocycles. The molecule has 29 heavy (non-hydrogen) atoms. The molecule has 0 saturated carbocycles. The van der Waals surface area contributed by atoms with Gasteiger partial charge in [0.05, 0.1) is 20.8 Å². The number of nitrogens with one attached hydrogen (secondary N) is 2. The predicted octanol–water partition coefficient (Wildman–Crippen LogP) is 3.41. The molecular weight excluding hydrogens is 364 g/mol. The summed E-state index contributed by atoms with van der Waals surface area (Å²) in [5.41, 5.74) is 3.55. The summed E-state index contributed by atoms with van der Waals surface area (Å²) >= 11 is 0. The molecule has 0 aliphatic rings. The highest BCUT2D eigenvalue weighted by Gasteiger charge is 2.06. The summed E-state index contributed by atoms with van der Waals surface area (Å²) in [4.78, 5) is 7.03. The fourth-order valence-corrected chi connectivity index (χ4v) is 2.94. The van der Waals surface area contributed by atoms with E-state index in [0.717, 1.165) is 42.7 Å². The van der Waals surface area contributed by atoms with Crippen LogP contribution in [0.25, 0.3) is 0 Å². The van der Waals surface area contributed by atoms with Gasteiger partial charge in [0.15, 0.2) is 5.96 Å². The maximum atomic E-state index is 5.48. The summed E-state index contributed by atoms with van der Waals surface area (Å²) in [6.45, 7) is 8.24. The average Bonchev–Trinajstić information content (AvgIpc) is 2.75. The fraction of sp³-hybridized carbons (Fsp3) is 0.435. The highest BCUT2D eigenvalue weighted by atomic mass is 16.5. The molecule has 0 spiro atoms. The normalized spacial score (nSPS) is 11.4. The van der Waals surface area contributed by atoms with Crippen molar-refractivity contribution >= 4 is 5.96 Å². The highest BCUT2D eigenvalue weighted by Crippen LogP contribution is 2.24. The van der Waals surface area contributed by atoms with Gasteiger partial charge in [-0.05, 0) is 43.8 Å². The summed E-state index contributed by atoms with van der Waals surface area (Å²) in [6, 6.07) is 14.4. The standard InChI is InChI=1S/C23H34N4O2/c1-6-24-23(26-16-20-11-12-21(28-4)14-22(20)29-5)25-15-18-9-8-10-19(13-18)17-27(3)7-2/h8-14H,6-7,15-17H2,1-5H3,(H2,24,25,26). The number of hydrogen-bond donors (Lipinski definition) is 2. The van der Waals surface area contributed by atoms with Crippen molar-refractivity contribution in [1.82, 2.24) is 15.5 Å². The van der Waals surface area contributed by atoms with Crippen molar-refractivity contribution in [2.45, 2.75) is 33.5 Å². The van der Waals surface area contributed by atoms with E-state index in [2.05, 4.69) is 60.7 Å². The van der Waals surface area contributed by atoms with E-state index in [0.29, 0.717) is 13.1 Å². The van der Waals surface area contributed by atoms with Crippen molar-refractivity contribution in [3.8, 4) is 11.5 Å². The van der Waals surface area contributed by atoms with Gasteiger partial charge in [-0.25, -0.2) is 4.99 Å². The second-order valence-electron chi connectivity index (χ2n) is 6.88. The first-order chi connectivity index (χ1) is 14.1. The number of hydrogen-bond acceptors (Lipinski definition) is 4. The Kier molecular flexibility index (Phi) is 9.31.